The molecule has 2 amide bonds. The number of carbonyl (C=O) groups is 2. The topological polar surface area (TPSA) is 49.4 Å². The van der Waals surface area contributed by atoms with E-state index in [4.69, 9.17) is 11.6 Å². The molecule has 0 radical (unpaired) electrons. The van der Waals surface area contributed by atoms with Gasteiger partial charge in [-0.3, -0.25) is 9.59 Å². The molecule has 28 heavy (non-hydrogen) atoms. The number of fused-ring (bicyclic) bond motifs is 1. The lowest BCUT2D eigenvalue weighted by molar-refractivity contribution is 0.0937. The Morgan fingerprint density at radius 1 is 1.11 bits per heavy atom. The fourth-order valence-electron chi connectivity index (χ4n) is 3.63. The highest BCUT2D eigenvalue weighted by atomic mass is 35.5. The predicted octanol–water partition coefficient (Wildman–Crippen LogP) is 5.10. The Hall–Kier alpha value is -2.63. The second kappa shape index (κ2) is 7.78. The molecule has 0 unspecified atom stereocenters. The van der Waals surface area contributed by atoms with Gasteiger partial charge in [0.05, 0.1) is 22.2 Å². The van der Waals surface area contributed by atoms with E-state index in [0.29, 0.717) is 16.1 Å². The van der Waals surface area contributed by atoms with Crippen LogP contribution in [-0.2, 0) is 6.42 Å². The first kappa shape index (κ1) is 18.7. The van der Waals surface area contributed by atoms with Crippen LogP contribution in [-0.4, -0.2) is 18.9 Å². The summed E-state index contributed by atoms with van der Waals surface area (Å²) in [5.74, 6) is -0.326. The molecule has 1 atom stereocenters. The molecule has 6 heteroatoms. The molecule has 1 aliphatic carbocycles. The minimum absolute atomic E-state index is 0.0763. The first-order valence-electron chi connectivity index (χ1n) is 9.05. The third kappa shape index (κ3) is 3.43. The summed E-state index contributed by atoms with van der Waals surface area (Å²) in [6.45, 7) is 0. The molecule has 1 heterocycles. The average Bonchev–Trinajstić information content (AvgIpc) is 3.38. The zero-order valence-corrected chi connectivity index (χ0v) is 16.9. The SMILES string of the molecule is CN(C(=O)c1cccs1)c1ccccc1C(=O)N[C@@H]1CCc2c(Cl)cccc21. The first-order chi connectivity index (χ1) is 13.6. The highest BCUT2D eigenvalue weighted by Gasteiger charge is 2.27. The quantitative estimate of drug-likeness (QED) is 0.650. The number of amides is 2. The van der Waals surface area contributed by atoms with Gasteiger partial charge >= 0.3 is 0 Å². The maximum atomic E-state index is 13.1. The Labute approximate surface area is 172 Å². The number of benzene rings is 2. The van der Waals surface area contributed by atoms with Crippen LogP contribution in [0.2, 0.25) is 5.02 Å². The van der Waals surface area contributed by atoms with Crippen molar-refractivity contribution >= 4 is 40.4 Å². The van der Waals surface area contributed by atoms with Crippen LogP contribution >= 0.6 is 22.9 Å². The number of hydrogen-bond acceptors (Lipinski definition) is 3. The predicted molar refractivity (Wildman–Crippen MR) is 113 cm³/mol. The molecule has 0 saturated heterocycles. The summed E-state index contributed by atoms with van der Waals surface area (Å²) >= 11 is 7.67. The fraction of sp³-hybridized carbons (Fsp3) is 0.182. The van der Waals surface area contributed by atoms with E-state index >= 15 is 0 Å². The number of nitrogens with zero attached hydrogens (tertiary/aromatic N) is 1. The van der Waals surface area contributed by atoms with Crippen LogP contribution in [0.25, 0.3) is 0 Å². The molecule has 1 aromatic heterocycles. The Kier molecular flexibility index (Phi) is 5.20. The van der Waals surface area contributed by atoms with Crippen molar-refractivity contribution < 1.29 is 9.59 Å². The van der Waals surface area contributed by atoms with Gasteiger partial charge in [0.2, 0.25) is 0 Å². The molecule has 0 aliphatic heterocycles. The van der Waals surface area contributed by atoms with Crippen molar-refractivity contribution in [2.75, 3.05) is 11.9 Å². The smallest absolute Gasteiger partial charge is 0.268 e. The van der Waals surface area contributed by atoms with Crippen molar-refractivity contribution in [3.05, 3.63) is 86.6 Å². The van der Waals surface area contributed by atoms with Crippen LogP contribution < -0.4 is 10.2 Å². The monoisotopic (exact) mass is 410 g/mol. The molecule has 0 saturated carbocycles. The Morgan fingerprint density at radius 2 is 1.93 bits per heavy atom. The maximum Gasteiger partial charge on any atom is 0.268 e. The highest BCUT2D eigenvalue weighted by Crippen LogP contribution is 2.36. The molecule has 4 nitrogen and oxygen atoms in total. The molecule has 3 aromatic rings. The van der Waals surface area contributed by atoms with E-state index in [-0.39, 0.29) is 17.9 Å². The highest BCUT2D eigenvalue weighted by molar-refractivity contribution is 7.12. The molecule has 0 bridgehead atoms. The molecular weight excluding hydrogens is 392 g/mol. The van der Waals surface area contributed by atoms with Gasteiger partial charge in [-0.15, -0.1) is 11.3 Å². The summed E-state index contributed by atoms with van der Waals surface area (Å²) in [6, 6.07) is 16.5. The molecule has 1 N–H and O–H groups in total. The lowest BCUT2D eigenvalue weighted by Gasteiger charge is -2.21. The van der Waals surface area contributed by atoms with E-state index in [1.54, 1.807) is 31.3 Å². The van der Waals surface area contributed by atoms with Crippen LogP contribution in [0.1, 0.15) is 43.6 Å². The zero-order valence-electron chi connectivity index (χ0n) is 15.3. The molecule has 4 rings (SSSR count). The Morgan fingerprint density at radius 3 is 2.71 bits per heavy atom. The van der Waals surface area contributed by atoms with Crippen molar-refractivity contribution in [3.63, 3.8) is 0 Å². The Balaban J connectivity index is 1.58. The number of thiophene rings is 1. The number of hydrogen-bond donors (Lipinski definition) is 1. The van der Waals surface area contributed by atoms with Gasteiger partial charge in [0, 0.05) is 12.1 Å². The van der Waals surface area contributed by atoms with Gasteiger partial charge in [-0.25, -0.2) is 0 Å². The van der Waals surface area contributed by atoms with E-state index < -0.39 is 0 Å². The summed E-state index contributed by atoms with van der Waals surface area (Å²) in [4.78, 5) is 27.9. The van der Waals surface area contributed by atoms with Gasteiger partial charge in [0.15, 0.2) is 0 Å². The molecule has 1 aliphatic rings. The van der Waals surface area contributed by atoms with Crippen molar-refractivity contribution in [3.8, 4) is 0 Å². The molecule has 142 valence electrons. The number of halogens is 1. The van der Waals surface area contributed by atoms with E-state index in [2.05, 4.69) is 5.32 Å². The van der Waals surface area contributed by atoms with Crippen LogP contribution in [0.5, 0.6) is 0 Å². The van der Waals surface area contributed by atoms with E-state index in [9.17, 15) is 9.59 Å². The lowest BCUT2D eigenvalue weighted by atomic mass is 10.1. The summed E-state index contributed by atoms with van der Waals surface area (Å²) in [6.07, 6.45) is 1.66. The summed E-state index contributed by atoms with van der Waals surface area (Å²) < 4.78 is 0. The van der Waals surface area contributed by atoms with Crippen molar-refractivity contribution in [1.82, 2.24) is 5.32 Å². The average molecular weight is 411 g/mol. The van der Waals surface area contributed by atoms with E-state index in [0.717, 1.165) is 29.0 Å². The van der Waals surface area contributed by atoms with Gasteiger partial charge in [0.1, 0.15) is 0 Å². The van der Waals surface area contributed by atoms with Gasteiger partial charge in [-0.2, -0.15) is 0 Å². The number of carbonyl (C=O) groups excluding carboxylic acids is 2. The number of nitrogens with one attached hydrogen (secondary N) is 1. The molecule has 2 aromatic carbocycles. The van der Waals surface area contributed by atoms with Crippen LogP contribution in [0, 0.1) is 0 Å². The summed E-state index contributed by atoms with van der Waals surface area (Å²) in [7, 11) is 1.69. The Bertz CT molecular complexity index is 1030. The summed E-state index contributed by atoms with van der Waals surface area (Å²) in [5, 5.41) is 5.72. The largest absolute Gasteiger partial charge is 0.345 e. The normalized spacial score (nSPS) is 15.1. The number of rotatable bonds is 4. The molecule has 0 spiro atoms. The van der Waals surface area contributed by atoms with E-state index in [1.165, 1.54) is 16.2 Å². The second-order valence-corrected chi connectivity index (χ2v) is 8.09. The minimum Gasteiger partial charge on any atom is -0.345 e. The maximum absolute atomic E-state index is 13.1. The summed E-state index contributed by atoms with van der Waals surface area (Å²) in [5.41, 5.74) is 3.24. The van der Waals surface area contributed by atoms with Crippen LogP contribution in [0.3, 0.4) is 0 Å². The molecular formula is C22H19ClN2O2S. The van der Waals surface area contributed by atoms with Gasteiger partial charge in [0.25, 0.3) is 11.8 Å². The molecule has 0 fully saturated rings. The lowest BCUT2D eigenvalue weighted by Crippen LogP contribution is -2.31. The van der Waals surface area contributed by atoms with Crippen molar-refractivity contribution in [2.24, 2.45) is 0 Å². The fourth-order valence-corrected chi connectivity index (χ4v) is 4.60. The van der Waals surface area contributed by atoms with Crippen LogP contribution in [0.4, 0.5) is 5.69 Å². The zero-order chi connectivity index (χ0) is 19.7. The number of para-hydroxylation sites is 1. The minimum atomic E-state index is -0.195. The van der Waals surface area contributed by atoms with Crippen molar-refractivity contribution in [1.29, 1.82) is 0 Å². The third-order valence-electron chi connectivity index (χ3n) is 5.07. The second-order valence-electron chi connectivity index (χ2n) is 6.73. The van der Waals surface area contributed by atoms with E-state index in [1.807, 2.05) is 35.7 Å². The van der Waals surface area contributed by atoms with Crippen LogP contribution in [0.15, 0.2) is 60.0 Å². The first-order valence-corrected chi connectivity index (χ1v) is 10.3. The van der Waals surface area contributed by atoms with Gasteiger partial charge in [-0.05, 0) is 53.6 Å². The third-order valence-corrected chi connectivity index (χ3v) is 6.28. The van der Waals surface area contributed by atoms with Gasteiger partial charge < -0.3 is 10.2 Å². The van der Waals surface area contributed by atoms with Crippen molar-refractivity contribution in [2.45, 2.75) is 18.9 Å². The van der Waals surface area contributed by atoms with Gasteiger partial charge in [-0.1, -0.05) is 41.9 Å². The standard InChI is InChI=1S/C22H19ClN2O2S/c1-25(22(27)20-10-5-13-28-20)19-9-3-2-6-16(19)21(26)24-18-12-11-14-15(18)7-4-8-17(14)23/h2-10,13,18H,11-12H2,1H3,(H,24,26)/t18-/m1/s1. The number of anilines is 1.